The van der Waals surface area contributed by atoms with Crippen molar-refractivity contribution in [3.8, 4) is 0 Å². The Labute approximate surface area is 138 Å². The molecule has 0 spiro atoms. The van der Waals surface area contributed by atoms with Gasteiger partial charge >= 0.3 is 5.69 Å². The number of allylic oxidation sites excluding steroid dienone is 3. The van der Waals surface area contributed by atoms with Crippen LogP contribution in [0.3, 0.4) is 0 Å². The van der Waals surface area contributed by atoms with E-state index in [2.05, 4.69) is 23.2 Å². The molecule has 1 N–H and O–H groups in total. The average Bonchev–Trinajstić information content (AvgIpc) is 2.55. The first-order valence-corrected chi connectivity index (χ1v) is 7.45. The summed E-state index contributed by atoms with van der Waals surface area (Å²) >= 11 is 0. The fraction of sp³-hybridized carbons (Fsp3) is 0.312. The molecule has 0 amide bonds. The number of nitro groups is 2. The number of nitrogens with zero attached hydrogens (tertiary/aromatic N) is 3. The first kappa shape index (κ1) is 17.3. The van der Waals surface area contributed by atoms with E-state index in [-0.39, 0.29) is 17.1 Å². The van der Waals surface area contributed by atoms with Gasteiger partial charge in [-0.15, -0.1) is 0 Å². The van der Waals surface area contributed by atoms with Crippen LogP contribution in [0.1, 0.15) is 26.2 Å². The second-order valence-electron chi connectivity index (χ2n) is 5.68. The van der Waals surface area contributed by atoms with Gasteiger partial charge in [0.25, 0.3) is 5.69 Å². The van der Waals surface area contributed by atoms with Gasteiger partial charge in [-0.2, -0.15) is 5.10 Å². The average molecular weight is 330 g/mol. The van der Waals surface area contributed by atoms with E-state index in [9.17, 15) is 20.2 Å². The van der Waals surface area contributed by atoms with Crippen LogP contribution in [0.25, 0.3) is 0 Å². The number of hydrogen-bond acceptors (Lipinski definition) is 6. The second-order valence-corrected chi connectivity index (χ2v) is 5.68. The summed E-state index contributed by atoms with van der Waals surface area (Å²) in [5, 5.41) is 25.7. The molecule has 0 aromatic heterocycles. The van der Waals surface area contributed by atoms with Crippen LogP contribution in [-0.2, 0) is 0 Å². The third-order valence-corrected chi connectivity index (χ3v) is 3.95. The van der Waals surface area contributed by atoms with E-state index < -0.39 is 9.85 Å². The van der Waals surface area contributed by atoms with E-state index in [1.54, 1.807) is 6.21 Å². The number of hydrazone groups is 1. The van der Waals surface area contributed by atoms with Gasteiger partial charge in [0.2, 0.25) is 0 Å². The molecule has 8 heteroatoms. The molecular formula is C16H18N4O4. The van der Waals surface area contributed by atoms with Crippen LogP contribution >= 0.6 is 0 Å². The summed E-state index contributed by atoms with van der Waals surface area (Å²) in [6, 6.07) is 3.39. The maximum Gasteiger partial charge on any atom is 0.301 e. The molecule has 0 heterocycles. The molecule has 1 unspecified atom stereocenters. The van der Waals surface area contributed by atoms with Crippen molar-refractivity contribution < 1.29 is 9.85 Å². The number of anilines is 1. The minimum Gasteiger partial charge on any atom is -0.272 e. The predicted molar refractivity (Wildman–Crippen MR) is 92.1 cm³/mol. The quantitative estimate of drug-likeness (QED) is 0.363. The van der Waals surface area contributed by atoms with Gasteiger partial charge in [0, 0.05) is 6.07 Å². The van der Waals surface area contributed by atoms with Gasteiger partial charge in [-0.05, 0) is 43.7 Å². The molecule has 0 saturated carbocycles. The summed E-state index contributed by atoms with van der Waals surface area (Å²) in [4.78, 5) is 20.4. The number of nitrogens with one attached hydrogen (secondary N) is 1. The molecule has 1 atom stereocenters. The lowest BCUT2D eigenvalue weighted by atomic mass is 9.86. The van der Waals surface area contributed by atoms with Gasteiger partial charge in [0.1, 0.15) is 5.69 Å². The highest BCUT2D eigenvalue weighted by molar-refractivity contribution is 5.80. The van der Waals surface area contributed by atoms with Crippen molar-refractivity contribution >= 4 is 23.3 Å². The van der Waals surface area contributed by atoms with Gasteiger partial charge in [0.15, 0.2) is 0 Å². The van der Waals surface area contributed by atoms with E-state index in [1.807, 2.05) is 6.92 Å². The zero-order valence-corrected chi connectivity index (χ0v) is 13.3. The normalized spacial score (nSPS) is 17.4. The van der Waals surface area contributed by atoms with Gasteiger partial charge in [0.05, 0.1) is 22.1 Å². The molecule has 2 rings (SSSR count). The molecule has 24 heavy (non-hydrogen) atoms. The Morgan fingerprint density at radius 1 is 1.38 bits per heavy atom. The van der Waals surface area contributed by atoms with Gasteiger partial charge in [-0.1, -0.05) is 18.2 Å². The third kappa shape index (κ3) is 4.25. The van der Waals surface area contributed by atoms with Gasteiger partial charge in [-0.25, -0.2) is 0 Å². The summed E-state index contributed by atoms with van der Waals surface area (Å²) in [6.07, 6.45) is 6.49. The highest BCUT2D eigenvalue weighted by atomic mass is 16.6. The van der Waals surface area contributed by atoms with Crippen molar-refractivity contribution in [3.05, 3.63) is 62.2 Å². The SMILES string of the molecule is C=C(C)C1CC=C(/C=N/Nc2ccc([N+](=O)[O-])cc2[N+](=O)[O-])CC1. The van der Waals surface area contributed by atoms with Crippen LogP contribution in [0.15, 0.2) is 47.1 Å². The van der Waals surface area contributed by atoms with Gasteiger partial charge in [-0.3, -0.25) is 25.7 Å². The summed E-state index contributed by atoms with van der Waals surface area (Å²) < 4.78 is 0. The van der Waals surface area contributed by atoms with E-state index in [0.29, 0.717) is 5.92 Å². The Kier molecular flexibility index (Phi) is 5.41. The molecule has 0 bridgehead atoms. The van der Waals surface area contributed by atoms with E-state index >= 15 is 0 Å². The topological polar surface area (TPSA) is 111 Å². The molecule has 0 saturated heterocycles. The van der Waals surface area contributed by atoms with E-state index in [1.165, 1.54) is 17.7 Å². The lowest BCUT2D eigenvalue weighted by Gasteiger charge is -2.20. The fourth-order valence-corrected chi connectivity index (χ4v) is 2.48. The van der Waals surface area contributed by atoms with Crippen LogP contribution in [0.5, 0.6) is 0 Å². The Balaban J connectivity index is 2.08. The molecule has 0 aliphatic heterocycles. The molecule has 126 valence electrons. The number of hydrogen-bond donors (Lipinski definition) is 1. The van der Waals surface area contributed by atoms with Crippen LogP contribution in [0.2, 0.25) is 0 Å². The van der Waals surface area contributed by atoms with Gasteiger partial charge < -0.3 is 0 Å². The predicted octanol–water partition coefficient (Wildman–Crippen LogP) is 4.20. The third-order valence-electron chi connectivity index (χ3n) is 3.95. The maximum atomic E-state index is 11.0. The summed E-state index contributed by atoms with van der Waals surface area (Å²) in [5.41, 5.74) is 4.19. The molecule has 0 fully saturated rings. The molecule has 8 nitrogen and oxygen atoms in total. The van der Waals surface area contributed by atoms with Crippen LogP contribution < -0.4 is 5.43 Å². The van der Waals surface area contributed by atoms with Crippen LogP contribution in [0, 0.1) is 26.1 Å². The van der Waals surface area contributed by atoms with Crippen molar-refractivity contribution in [1.82, 2.24) is 0 Å². The number of rotatable bonds is 6. The Hall–Kier alpha value is -3.03. The second kappa shape index (κ2) is 7.49. The highest BCUT2D eigenvalue weighted by Crippen LogP contribution is 2.29. The standard InChI is InChI=1S/C16H18N4O4/c1-11(2)13-5-3-12(4-6-13)10-17-18-15-8-7-14(19(21)22)9-16(15)20(23)24/h3,7-10,13,18H,1,4-6H2,2H3/b17-10+. The number of benzene rings is 1. The first-order valence-electron chi connectivity index (χ1n) is 7.45. The van der Waals surface area contributed by atoms with Crippen molar-refractivity contribution in [2.45, 2.75) is 26.2 Å². The van der Waals surface area contributed by atoms with Crippen LogP contribution in [0.4, 0.5) is 17.1 Å². The highest BCUT2D eigenvalue weighted by Gasteiger charge is 2.19. The summed E-state index contributed by atoms with van der Waals surface area (Å²) in [6.45, 7) is 5.98. The first-order chi connectivity index (χ1) is 11.4. The van der Waals surface area contributed by atoms with Crippen LogP contribution in [-0.4, -0.2) is 16.1 Å². The zero-order valence-electron chi connectivity index (χ0n) is 13.3. The molecule has 1 aromatic carbocycles. The molecular weight excluding hydrogens is 312 g/mol. The maximum absolute atomic E-state index is 11.0. The Morgan fingerprint density at radius 3 is 2.67 bits per heavy atom. The fourth-order valence-electron chi connectivity index (χ4n) is 2.48. The smallest absolute Gasteiger partial charge is 0.272 e. The lowest BCUT2D eigenvalue weighted by molar-refractivity contribution is -0.393. The minimum atomic E-state index is -0.678. The van der Waals surface area contributed by atoms with Crippen molar-refractivity contribution in [2.75, 3.05) is 5.43 Å². The Morgan fingerprint density at radius 2 is 2.12 bits per heavy atom. The van der Waals surface area contributed by atoms with Crippen molar-refractivity contribution in [1.29, 1.82) is 0 Å². The number of non-ortho nitro benzene ring substituents is 1. The molecule has 1 aliphatic rings. The summed E-state index contributed by atoms with van der Waals surface area (Å²) in [7, 11) is 0. The largest absolute Gasteiger partial charge is 0.301 e. The number of nitro benzene ring substituents is 2. The van der Waals surface area contributed by atoms with Crippen molar-refractivity contribution in [2.24, 2.45) is 11.0 Å². The molecule has 1 aliphatic carbocycles. The molecule has 1 aromatic rings. The van der Waals surface area contributed by atoms with Crippen molar-refractivity contribution in [3.63, 3.8) is 0 Å². The summed E-state index contributed by atoms with van der Waals surface area (Å²) in [5.74, 6) is 0.492. The lowest BCUT2D eigenvalue weighted by Crippen LogP contribution is -2.07. The monoisotopic (exact) mass is 330 g/mol. The zero-order chi connectivity index (χ0) is 17.7. The van der Waals surface area contributed by atoms with E-state index in [0.717, 1.165) is 30.9 Å². The molecule has 0 radical (unpaired) electrons. The minimum absolute atomic E-state index is 0.109. The Bertz CT molecular complexity index is 740. The van der Waals surface area contributed by atoms with E-state index in [4.69, 9.17) is 0 Å².